The Bertz CT molecular complexity index is 635. The fourth-order valence-electron chi connectivity index (χ4n) is 4.73. The van der Waals surface area contributed by atoms with E-state index >= 15 is 0 Å². The largest absolute Gasteiger partial charge is 0.507 e. The summed E-state index contributed by atoms with van der Waals surface area (Å²) in [6.45, 7) is 10.6. The first kappa shape index (κ1) is 15.5. The van der Waals surface area contributed by atoms with Crippen molar-refractivity contribution in [3.05, 3.63) is 28.8 Å². The van der Waals surface area contributed by atoms with Gasteiger partial charge in [0.25, 0.3) is 0 Å². The fraction of sp³-hybridized carbons (Fsp3) is 0.632. The van der Waals surface area contributed by atoms with Gasteiger partial charge < -0.3 is 10.2 Å². The van der Waals surface area contributed by atoms with Gasteiger partial charge in [0.1, 0.15) is 5.75 Å². The number of phenols is 1. The van der Waals surface area contributed by atoms with Crippen molar-refractivity contribution in [2.45, 2.75) is 59.6 Å². The molecule has 22 heavy (non-hydrogen) atoms. The Kier molecular flexibility index (Phi) is 3.41. The van der Waals surface area contributed by atoms with Crippen molar-refractivity contribution in [2.75, 3.05) is 0 Å². The van der Waals surface area contributed by atoms with Gasteiger partial charge in [-0.15, -0.1) is 0 Å². The predicted molar refractivity (Wildman–Crippen MR) is 89.6 cm³/mol. The monoisotopic (exact) mass is 301 g/mol. The van der Waals surface area contributed by atoms with Gasteiger partial charge in [-0.05, 0) is 55.2 Å². The molecule has 2 aliphatic carbocycles. The molecule has 2 fully saturated rings. The van der Waals surface area contributed by atoms with Gasteiger partial charge in [0.05, 0.1) is 12.1 Å². The SMILES string of the molecule is Cc1cc(C)c(O)c(C=NC2C3CCC(C)(C2O)C3(C)C)c1. The first-order chi connectivity index (χ1) is 10.2. The third-order valence-electron chi connectivity index (χ3n) is 6.62. The molecule has 3 nitrogen and oxygen atoms in total. The van der Waals surface area contributed by atoms with Crippen LogP contribution in [-0.2, 0) is 0 Å². The van der Waals surface area contributed by atoms with Gasteiger partial charge in [-0.1, -0.05) is 26.8 Å². The smallest absolute Gasteiger partial charge is 0.127 e. The molecule has 1 aromatic rings. The number of rotatable bonds is 2. The molecule has 1 aromatic carbocycles. The minimum absolute atomic E-state index is 0.0514. The standard InChI is InChI=1S/C19H27NO2/c1-11-8-12(2)16(21)13(9-11)10-20-15-14-6-7-19(5,17(15)22)18(14,3)4/h8-10,14-15,17,21-22H,6-7H2,1-5H3. The Balaban J connectivity index is 1.92. The van der Waals surface area contributed by atoms with Gasteiger partial charge in [0.2, 0.25) is 0 Å². The topological polar surface area (TPSA) is 52.8 Å². The molecule has 0 aliphatic heterocycles. The second kappa shape index (κ2) is 4.82. The lowest BCUT2D eigenvalue weighted by Crippen LogP contribution is -2.39. The first-order valence-electron chi connectivity index (χ1n) is 8.20. The summed E-state index contributed by atoms with van der Waals surface area (Å²) >= 11 is 0. The van der Waals surface area contributed by atoms with Crippen molar-refractivity contribution >= 4 is 6.21 Å². The zero-order valence-corrected chi connectivity index (χ0v) is 14.2. The quantitative estimate of drug-likeness (QED) is 0.820. The number of benzene rings is 1. The Morgan fingerprint density at radius 1 is 1.23 bits per heavy atom. The van der Waals surface area contributed by atoms with Gasteiger partial charge in [0.15, 0.2) is 0 Å². The van der Waals surface area contributed by atoms with E-state index in [4.69, 9.17) is 4.99 Å². The average Bonchev–Trinajstić information content (AvgIpc) is 2.74. The number of aliphatic imine (C=N–C) groups is 1. The lowest BCUT2D eigenvalue weighted by Gasteiger charge is -2.36. The van der Waals surface area contributed by atoms with E-state index in [1.807, 2.05) is 26.0 Å². The normalized spacial score (nSPS) is 36.4. The molecule has 4 atom stereocenters. The van der Waals surface area contributed by atoms with E-state index in [1.54, 1.807) is 6.21 Å². The summed E-state index contributed by atoms with van der Waals surface area (Å²) in [5.74, 6) is 0.703. The van der Waals surface area contributed by atoms with E-state index in [-0.39, 0.29) is 22.6 Å². The maximum absolute atomic E-state index is 10.8. The van der Waals surface area contributed by atoms with E-state index in [9.17, 15) is 10.2 Å². The van der Waals surface area contributed by atoms with E-state index in [0.29, 0.717) is 5.92 Å². The minimum atomic E-state index is -0.398. The van der Waals surface area contributed by atoms with Gasteiger partial charge in [-0.25, -0.2) is 0 Å². The van der Waals surface area contributed by atoms with E-state index < -0.39 is 6.10 Å². The molecular weight excluding hydrogens is 274 g/mol. The predicted octanol–water partition coefficient (Wildman–Crippen LogP) is 3.61. The number of hydrogen-bond acceptors (Lipinski definition) is 3. The summed E-state index contributed by atoms with van der Waals surface area (Å²) in [6, 6.07) is 3.84. The van der Waals surface area contributed by atoms with Crippen molar-refractivity contribution in [1.82, 2.24) is 0 Å². The summed E-state index contributed by atoms with van der Waals surface area (Å²) in [5.41, 5.74) is 2.78. The molecule has 2 bridgehead atoms. The Morgan fingerprint density at radius 3 is 2.50 bits per heavy atom. The molecule has 0 aromatic heterocycles. The highest BCUT2D eigenvalue weighted by molar-refractivity contribution is 5.84. The lowest BCUT2D eigenvalue weighted by atomic mass is 9.70. The molecule has 2 saturated carbocycles. The molecule has 0 saturated heterocycles. The Hall–Kier alpha value is -1.35. The van der Waals surface area contributed by atoms with Crippen LogP contribution >= 0.6 is 0 Å². The Morgan fingerprint density at radius 2 is 1.91 bits per heavy atom. The molecule has 2 aliphatic rings. The van der Waals surface area contributed by atoms with Gasteiger partial charge in [-0.2, -0.15) is 0 Å². The number of aliphatic hydroxyl groups is 1. The van der Waals surface area contributed by atoms with Crippen molar-refractivity contribution in [3.63, 3.8) is 0 Å². The number of nitrogens with zero attached hydrogens (tertiary/aromatic N) is 1. The first-order valence-corrected chi connectivity index (χ1v) is 8.20. The summed E-state index contributed by atoms with van der Waals surface area (Å²) in [4.78, 5) is 4.71. The van der Waals surface area contributed by atoms with Crippen molar-refractivity contribution in [2.24, 2.45) is 21.7 Å². The molecule has 3 rings (SSSR count). The summed E-state index contributed by atoms with van der Waals surface area (Å²) in [7, 11) is 0. The van der Waals surface area contributed by atoms with Gasteiger partial charge >= 0.3 is 0 Å². The third kappa shape index (κ3) is 1.95. The number of aromatic hydroxyl groups is 1. The van der Waals surface area contributed by atoms with Crippen LogP contribution in [0.2, 0.25) is 0 Å². The van der Waals surface area contributed by atoms with E-state index in [0.717, 1.165) is 29.5 Å². The number of aryl methyl sites for hydroxylation is 2. The second-order valence-electron chi connectivity index (χ2n) is 8.02. The molecule has 2 N–H and O–H groups in total. The number of aliphatic hydroxyl groups excluding tert-OH is 1. The van der Waals surface area contributed by atoms with Gasteiger partial charge in [-0.3, -0.25) is 4.99 Å². The highest BCUT2D eigenvalue weighted by atomic mass is 16.3. The van der Waals surface area contributed by atoms with Crippen LogP contribution in [0.25, 0.3) is 0 Å². The van der Waals surface area contributed by atoms with Crippen LogP contribution in [0.5, 0.6) is 5.75 Å². The van der Waals surface area contributed by atoms with Crippen molar-refractivity contribution in [1.29, 1.82) is 0 Å². The highest BCUT2D eigenvalue weighted by Gasteiger charge is 2.65. The summed E-state index contributed by atoms with van der Waals surface area (Å²) in [6.07, 6.45) is 3.56. The molecule has 4 unspecified atom stereocenters. The molecule has 0 amide bonds. The molecule has 0 heterocycles. The van der Waals surface area contributed by atoms with Crippen LogP contribution in [0.4, 0.5) is 0 Å². The summed E-state index contributed by atoms with van der Waals surface area (Å²) < 4.78 is 0. The van der Waals surface area contributed by atoms with Crippen LogP contribution in [0.3, 0.4) is 0 Å². The second-order valence-corrected chi connectivity index (χ2v) is 8.02. The zero-order chi connectivity index (χ0) is 16.3. The maximum atomic E-state index is 10.8. The minimum Gasteiger partial charge on any atom is -0.507 e. The molecular formula is C19H27NO2. The Labute approximate surface area is 133 Å². The van der Waals surface area contributed by atoms with Crippen LogP contribution < -0.4 is 0 Å². The van der Waals surface area contributed by atoms with E-state index in [2.05, 4.69) is 20.8 Å². The maximum Gasteiger partial charge on any atom is 0.127 e. The highest BCUT2D eigenvalue weighted by Crippen LogP contribution is 2.66. The summed E-state index contributed by atoms with van der Waals surface area (Å²) in [5, 5.41) is 20.9. The van der Waals surface area contributed by atoms with Crippen LogP contribution in [0.1, 0.15) is 50.3 Å². The van der Waals surface area contributed by atoms with Crippen molar-refractivity contribution in [3.8, 4) is 5.75 Å². The average molecular weight is 301 g/mol. The van der Waals surface area contributed by atoms with Crippen LogP contribution in [0.15, 0.2) is 17.1 Å². The van der Waals surface area contributed by atoms with Crippen LogP contribution in [-0.4, -0.2) is 28.6 Å². The zero-order valence-electron chi connectivity index (χ0n) is 14.2. The fourth-order valence-corrected chi connectivity index (χ4v) is 4.73. The molecule has 0 radical (unpaired) electrons. The van der Waals surface area contributed by atoms with E-state index in [1.165, 1.54) is 0 Å². The number of phenolic OH excluding ortho intramolecular Hbond substituents is 1. The number of hydrogen-bond donors (Lipinski definition) is 2. The molecule has 120 valence electrons. The number of fused-ring (bicyclic) bond motifs is 2. The third-order valence-corrected chi connectivity index (χ3v) is 6.62. The molecule has 0 spiro atoms. The van der Waals surface area contributed by atoms with Crippen LogP contribution in [0, 0.1) is 30.6 Å². The molecule has 3 heteroatoms. The lowest BCUT2D eigenvalue weighted by molar-refractivity contribution is 0.00624. The van der Waals surface area contributed by atoms with Gasteiger partial charge in [0, 0.05) is 17.2 Å². The van der Waals surface area contributed by atoms with Crippen molar-refractivity contribution < 1.29 is 10.2 Å².